The van der Waals surface area contributed by atoms with E-state index in [1.165, 1.54) is 0 Å². The highest BCUT2D eigenvalue weighted by molar-refractivity contribution is 5.55. The average molecular weight is 224 g/mol. The maximum atomic E-state index is 12.6. The summed E-state index contributed by atoms with van der Waals surface area (Å²) in [6.45, 7) is 2.59. The van der Waals surface area contributed by atoms with Gasteiger partial charge in [0, 0.05) is 0 Å². The van der Waals surface area contributed by atoms with Crippen LogP contribution in [0.25, 0.3) is 0 Å². The van der Waals surface area contributed by atoms with Crippen LogP contribution >= 0.6 is 0 Å². The number of alkyl halides is 1. The number of aryl methyl sites for hydroxylation is 1. The van der Waals surface area contributed by atoms with E-state index in [0.717, 1.165) is 17.7 Å². The SMILES string of the molecule is CCOc1ccc(CCCC(F)C=O)cc1. The number of carbonyl (C=O) groups excluding carboxylic acids is 1. The van der Waals surface area contributed by atoms with Gasteiger partial charge in [0.25, 0.3) is 0 Å². The number of ether oxygens (including phenoxy) is 1. The number of halogens is 1. The Morgan fingerprint density at radius 3 is 2.62 bits per heavy atom. The Balaban J connectivity index is 2.34. The predicted octanol–water partition coefficient (Wildman–Crippen LogP) is 2.95. The Morgan fingerprint density at radius 1 is 1.38 bits per heavy atom. The summed E-state index contributed by atoms with van der Waals surface area (Å²) in [6.07, 6.45) is 0.825. The molecule has 88 valence electrons. The first kappa shape index (κ1) is 12.7. The Bertz CT molecular complexity index is 308. The predicted molar refractivity (Wildman–Crippen MR) is 61.5 cm³/mol. The molecule has 1 unspecified atom stereocenters. The van der Waals surface area contributed by atoms with Crippen LogP contribution in [0.5, 0.6) is 5.75 Å². The van der Waals surface area contributed by atoms with Crippen molar-refractivity contribution in [2.24, 2.45) is 0 Å². The van der Waals surface area contributed by atoms with Gasteiger partial charge in [-0.05, 0) is 43.9 Å². The van der Waals surface area contributed by atoms with E-state index in [1.54, 1.807) is 0 Å². The fourth-order valence-corrected chi connectivity index (χ4v) is 1.49. The van der Waals surface area contributed by atoms with Gasteiger partial charge < -0.3 is 9.53 Å². The van der Waals surface area contributed by atoms with Crippen LogP contribution in [0.1, 0.15) is 25.3 Å². The highest BCUT2D eigenvalue weighted by Crippen LogP contribution is 2.14. The lowest BCUT2D eigenvalue weighted by Crippen LogP contribution is -2.01. The fraction of sp³-hybridized carbons (Fsp3) is 0.462. The van der Waals surface area contributed by atoms with Crippen molar-refractivity contribution in [2.45, 2.75) is 32.4 Å². The summed E-state index contributed by atoms with van der Waals surface area (Å²) in [5.41, 5.74) is 1.14. The molecule has 2 nitrogen and oxygen atoms in total. The third-order valence-electron chi connectivity index (χ3n) is 2.33. The summed E-state index contributed by atoms with van der Waals surface area (Å²) in [4.78, 5) is 10.1. The van der Waals surface area contributed by atoms with Gasteiger partial charge in [-0.1, -0.05) is 12.1 Å². The molecule has 0 amide bonds. The first-order valence-corrected chi connectivity index (χ1v) is 5.57. The fourth-order valence-electron chi connectivity index (χ4n) is 1.49. The van der Waals surface area contributed by atoms with E-state index in [9.17, 15) is 9.18 Å². The van der Waals surface area contributed by atoms with Gasteiger partial charge in [-0.3, -0.25) is 0 Å². The summed E-state index contributed by atoms with van der Waals surface area (Å²) in [7, 11) is 0. The van der Waals surface area contributed by atoms with Crippen molar-refractivity contribution < 1.29 is 13.9 Å². The maximum Gasteiger partial charge on any atom is 0.155 e. The van der Waals surface area contributed by atoms with Crippen LogP contribution in [0.4, 0.5) is 4.39 Å². The zero-order valence-electron chi connectivity index (χ0n) is 9.49. The van der Waals surface area contributed by atoms with Crippen molar-refractivity contribution >= 4 is 6.29 Å². The van der Waals surface area contributed by atoms with Crippen LogP contribution in [0.3, 0.4) is 0 Å². The molecule has 0 radical (unpaired) electrons. The summed E-state index contributed by atoms with van der Waals surface area (Å²) in [5.74, 6) is 0.850. The normalized spacial score (nSPS) is 12.1. The summed E-state index contributed by atoms with van der Waals surface area (Å²) < 4.78 is 17.9. The van der Waals surface area contributed by atoms with Gasteiger partial charge in [-0.2, -0.15) is 0 Å². The van der Waals surface area contributed by atoms with E-state index in [2.05, 4.69) is 0 Å². The summed E-state index contributed by atoms with van der Waals surface area (Å²) in [6, 6.07) is 7.76. The van der Waals surface area contributed by atoms with E-state index in [0.29, 0.717) is 25.7 Å². The summed E-state index contributed by atoms with van der Waals surface area (Å²) >= 11 is 0. The third kappa shape index (κ3) is 4.43. The van der Waals surface area contributed by atoms with Crippen LogP contribution < -0.4 is 4.74 Å². The van der Waals surface area contributed by atoms with Crippen molar-refractivity contribution in [3.05, 3.63) is 29.8 Å². The minimum Gasteiger partial charge on any atom is -0.494 e. The number of hydrogen-bond donors (Lipinski definition) is 0. The minimum atomic E-state index is -1.32. The standard InChI is InChI=1S/C13H17FO2/c1-2-16-13-8-6-11(7-9-13)4-3-5-12(14)10-15/h6-10,12H,2-5H2,1H3. The molecule has 1 rings (SSSR count). The van der Waals surface area contributed by atoms with Gasteiger partial charge in [0.15, 0.2) is 12.5 Å². The maximum absolute atomic E-state index is 12.6. The zero-order valence-corrected chi connectivity index (χ0v) is 9.49. The first-order chi connectivity index (χ1) is 7.76. The highest BCUT2D eigenvalue weighted by Gasteiger charge is 2.03. The van der Waals surface area contributed by atoms with Crippen LogP contribution in [0.2, 0.25) is 0 Å². The Morgan fingerprint density at radius 2 is 2.06 bits per heavy atom. The van der Waals surface area contributed by atoms with E-state index in [-0.39, 0.29) is 0 Å². The summed E-state index contributed by atoms with van der Waals surface area (Å²) in [5, 5.41) is 0. The quantitative estimate of drug-likeness (QED) is 0.665. The van der Waals surface area contributed by atoms with Crippen molar-refractivity contribution in [3.8, 4) is 5.75 Å². The molecule has 0 N–H and O–H groups in total. The molecule has 0 aliphatic carbocycles. The van der Waals surface area contributed by atoms with Gasteiger partial charge in [0.1, 0.15) is 5.75 Å². The molecule has 0 saturated carbocycles. The minimum absolute atomic E-state index is 0.302. The molecular weight excluding hydrogens is 207 g/mol. The van der Waals surface area contributed by atoms with Gasteiger partial charge in [-0.25, -0.2) is 4.39 Å². The molecule has 16 heavy (non-hydrogen) atoms. The first-order valence-electron chi connectivity index (χ1n) is 5.57. The average Bonchev–Trinajstić information content (AvgIpc) is 2.31. The number of benzene rings is 1. The second-order valence-corrected chi connectivity index (χ2v) is 3.62. The second kappa shape index (κ2) is 6.99. The number of rotatable bonds is 7. The van der Waals surface area contributed by atoms with E-state index >= 15 is 0 Å². The lowest BCUT2D eigenvalue weighted by atomic mass is 10.1. The van der Waals surface area contributed by atoms with Crippen LogP contribution in [0.15, 0.2) is 24.3 Å². The number of carbonyl (C=O) groups is 1. The Kier molecular flexibility index (Phi) is 5.54. The van der Waals surface area contributed by atoms with Crippen molar-refractivity contribution in [3.63, 3.8) is 0 Å². The molecule has 0 saturated heterocycles. The topological polar surface area (TPSA) is 26.3 Å². The molecule has 1 atom stereocenters. The molecule has 1 aromatic rings. The molecule has 0 spiro atoms. The van der Waals surface area contributed by atoms with Crippen molar-refractivity contribution in [1.82, 2.24) is 0 Å². The molecule has 0 bridgehead atoms. The molecule has 0 aromatic heterocycles. The van der Waals surface area contributed by atoms with Gasteiger partial charge in [-0.15, -0.1) is 0 Å². The molecule has 0 heterocycles. The second-order valence-electron chi connectivity index (χ2n) is 3.62. The molecule has 3 heteroatoms. The van der Waals surface area contributed by atoms with Gasteiger partial charge in [0.05, 0.1) is 6.61 Å². The largest absolute Gasteiger partial charge is 0.494 e. The smallest absolute Gasteiger partial charge is 0.155 e. The molecule has 0 aliphatic heterocycles. The molecule has 0 aliphatic rings. The van der Waals surface area contributed by atoms with E-state index < -0.39 is 6.17 Å². The van der Waals surface area contributed by atoms with E-state index in [1.807, 2.05) is 31.2 Å². The molecule has 0 fully saturated rings. The Hall–Kier alpha value is -1.38. The van der Waals surface area contributed by atoms with Gasteiger partial charge in [0.2, 0.25) is 0 Å². The zero-order chi connectivity index (χ0) is 11.8. The third-order valence-corrected chi connectivity index (χ3v) is 2.33. The monoisotopic (exact) mass is 224 g/mol. The van der Waals surface area contributed by atoms with Crippen molar-refractivity contribution in [1.29, 1.82) is 0 Å². The van der Waals surface area contributed by atoms with Crippen molar-refractivity contribution in [2.75, 3.05) is 6.61 Å². The lowest BCUT2D eigenvalue weighted by molar-refractivity contribution is -0.112. The van der Waals surface area contributed by atoms with Crippen LogP contribution in [-0.4, -0.2) is 19.1 Å². The van der Waals surface area contributed by atoms with Crippen LogP contribution in [0, 0.1) is 0 Å². The number of aldehydes is 1. The van der Waals surface area contributed by atoms with Crippen LogP contribution in [-0.2, 0) is 11.2 Å². The highest BCUT2D eigenvalue weighted by atomic mass is 19.1. The number of hydrogen-bond acceptors (Lipinski definition) is 2. The molecule has 1 aromatic carbocycles. The van der Waals surface area contributed by atoms with Gasteiger partial charge >= 0.3 is 0 Å². The lowest BCUT2D eigenvalue weighted by Gasteiger charge is -2.05. The molecular formula is C13H17FO2. The van der Waals surface area contributed by atoms with E-state index in [4.69, 9.17) is 4.74 Å². The Labute approximate surface area is 95.4 Å².